The third kappa shape index (κ3) is 3.95. The van der Waals surface area contributed by atoms with E-state index in [9.17, 15) is 9.18 Å². The van der Waals surface area contributed by atoms with Crippen LogP contribution in [0.5, 0.6) is 5.75 Å². The summed E-state index contributed by atoms with van der Waals surface area (Å²) >= 11 is 0. The number of carbonyl (C=O) groups is 1. The molecule has 0 aliphatic heterocycles. The average Bonchev–Trinajstić information content (AvgIpc) is 2.47. The Morgan fingerprint density at radius 2 is 1.95 bits per heavy atom. The maximum atomic E-state index is 12.7. The van der Waals surface area contributed by atoms with Gasteiger partial charge in [-0.1, -0.05) is 18.2 Å². The van der Waals surface area contributed by atoms with Crippen LogP contribution in [-0.2, 0) is 4.79 Å². The van der Waals surface area contributed by atoms with E-state index < -0.39 is 0 Å². The van der Waals surface area contributed by atoms with Crippen LogP contribution in [0, 0.1) is 5.82 Å². The van der Waals surface area contributed by atoms with Crippen molar-refractivity contribution in [1.82, 2.24) is 0 Å². The fourth-order valence-corrected chi connectivity index (χ4v) is 1.63. The summed E-state index contributed by atoms with van der Waals surface area (Å²) in [5, 5.41) is 2.72. The SMILES string of the molecule is COc1cccc(NC(=O)C=Cc2ccc(F)cc2)c1. The van der Waals surface area contributed by atoms with Crippen LogP contribution in [0.15, 0.2) is 54.6 Å². The molecule has 1 N–H and O–H groups in total. The molecule has 20 heavy (non-hydrogen) atoms. The predicted octanol–water partition coefficient (Wildman–Crippen LogP) is 3.49. The molecule has 2 aromatic rings. The summed E-state index contributed by atoms with van der Waals surface area (Å²) in [6.45, 7) is 0. The number of hydrogen-bond acceptors (Lipinski definition) is 2. The zero-order valence-electron chi connectivity index (χ0n) is 11.0. The van der Waals surface area contributed by atoms with Crippen molar-refractivity contribution < 1.29 is 13.9 Å². The number of halogens is 1. The van der Waals surface area contributed by atoms with Crippen LogP contribution in [0.25, 0.3) is 6.08 Å². The van der Waals surface area contributed by atoms with Crippen molar-refractivity contribution in [3.8, 4) is 5.75 Å². The number of benzene rings is 2. The Morgan fingerprint density at radius 3 is 2.65 bits per heavy atom. The number of rotatable bonds is 4. The van der Waals surface area contributed by atoms with Gasteiger partial charge >= 0.3 is 0 Å². The smallest absolute Gasteiger partial charge is 0.248 e. The molecule has 0 heterocycles. The molecule has 102 valence electrons. The van der Waals surface area contributed by atoms with Crippen molar-refractivity contribution in [2.75, 3.05) is 12.4 Å². The van der Waals surface area contributed by atoms with E-state index in [1.54, 1.807) is 49.6 Å². The molecular weight excluding hydrogens is 257 g/mol. The van der Waals surface area contributed by atoms with Crippen molar-refractivity contribution in [1.29, 1.82) is 0 Å². The van der Waals surface area contributed by atoms with Crippen LogP contribution in [0.1, 0.15) is 5.56 Å². The summed E-state index contributed by atoms with van der Waals surface area (Å²) in [7, 11) is 1.56. The molecule has 0 spiro atoms. The van der Waals surface area contributed by atoms with E-state index in [1.807, 2.05) is 0 Å². The van der Waals surface area contributed by atoms with Crippen LogP contribution in [0.4, 0.5) is 10.1 Å². The Bertz CT molecular complexity index is 621. The summed E-state index contributed by atoms with van der Waals surface area (Å²) in [4.78, 5) is 11.7. The fourth-order valence-electron chi connectivity index (χ4n) is 1.63. The molecule has 2 rings (SSSR count). The third-order valence-corrected chi connectivity index (χ3v) is 2.63. The van der Waals surface area contributed by atoms with Gasteiger partial charge in [-0.05, 0) is 35.9 Å². The normalized spacial score (nSPS) is 10.5. The van der Waals surface area contributed by atoms with Crippen LogP contribution >= 0.6 is 0 Å². The lowest BCUT2D eigenvalue weighted by Crippen LogP contribution is -2.07. The summed E-state index contributed by atoms with van der Waals surface area (Å²) in [5.41, 5.74) is 1.41. The first-order valence-electron chi connectivity index (χ1n) is 6.06. The second kappa shape index (κ2) is 6.52. The van der Waals surface area contributed by atoms with Crippen molar-refractivity contribution in [2.45, 2.75) is 0 Å². The second-order valence-corrected chi connectivity index (χ2v) is 4.11. The molecule has 0 atom stereocenters. The lowest BCUT2D eigenvalue weighted by atomic mass is 10.2. The maximum absolute atomic E-state index is 12.7. The van der Waals surface area contributed by atoms with Gasteiger partial charge < -0.3 is 10.1 Å². The number of methoxy groups -OCH3 is 1. The maximum Gasteiger partial charge on any atom is 0.248 e. The Morgan fingerprint density at radius 1 is 1.20 bits per heavy atom. The van der Waals surface area contributed by atoms with Gasteiger partial charge in [0, 0.05) is 17.8 Å². The molecule has 0 fully saturated rings. The Balaban J connectivity index is 1.99. The number of anilines is 1. The zero-order valence-corrected chi connectivity index (χ0v) is 11.0. The average molecular weight is 271 g/mol. The van der Waals surface area contributed by atoms with Gasteiger partial charge in [0.15, 0.2) is 0 Å². The minimum Gasteiger partial charge on any atom is -0.497 e. The van der Waals surface area contributed by atoms with Gasteiger partial charge in [0.1, 0.15) is 11.6 Å². The summed E-state index contributed by atoms with van der Waals surface area (Å²) in [5.74, 6) is 0.107. The minimum atomic E-state index is -0.303. The van der Waals surface area contributed by atoms with E-state index in [0.717, 1.165) is 5.56 Å². The number of hydrogen-bond donors (Lipinski definition) is 1. The number of ether oxygens (including phenoxy) is 1. The summed E-state index contributed by atoms with van der Waals surface area (Å²) < 4.78 is 17.8. The molecule has 0 bridgehead atoms. The van der Waals surface area contributed by atoms with Gasteiger partial charge in [-0.15, -0.1) is 0 Å². The highest BCUT2D eigenvalue weighted by Crippen LogP contribution is 2.16. The van der Waals surface area contributed by atoms with Crippen LogP contribution in [0.3, 0.4) is 0 Å². The highest BCUT2D eigenvalue weighted by Gasteiger charge is 1.99. The number of carbonyl (C=O) groups excluding carboxylic acids is 1. The fraction of sp³-hybridized carbons (Fsp3) is 0.0625. The van der Waals surface area contributed by atoms with Gasteiger partial charge in [-0.2, -0.15) is 0 Å². The van der Waals surface area contributed by atoms with Crippen molar-refractivity contribution in [2.24, 2.45) is 0 Å². The second-order valence-electron chi connectivity index (χ2n) is 4.11. The van der Waals surface area contributed by atoms with Gasteiger partial charge in [-0.25, -0.2) is 4.39 Å². The third-order valence-electron chi connectivity index (χ3n) is 2.63. The Hall–Kier alpha value is -2.62. The number of amides is 1. The lowest BCUT2D eigenvalue weighted by molar-refractivity contribution is -0.111. The van der Waals surface area contributed by atoms with Gasteiger partial charge in [0.2, 0.25) is 5.91 Å². The molecule has 0 saturated heterocycles. The Kier molecular flexibility index (Phi) is 4.50. The molecule has 1 amide bonds. The first-order valence-corrected chi connectivity index (χ1v) is 6.06. The van der Waals surface area contributed by atoms with Crippen LogP contribution in [-0.4, -0.2) is 13.0 Å². The molecule has 4 heteroatoms. The van der Waals surface area contributed by atoms with Gasteiger partial charge in [0.05, 0.1) is 7.11 Å². The molecule has 0 unspecified atom stereocenters. The molecule has 0 radical (unpaired) electrons. The van der Waals surface area contributed by atoms with Crippen molar-refractivity contribution >= 4 is 17.7 Å². The lowest BCUT2D eigenvalue weighted by Gasteiger charge is -2.04. The zero-order chi connectivity index (χ0) is 14.4. The molecule has 0 aliphatic carbocycles. The van der Waals surface area contributed by atoms with Gasteiger partial charge in [-0.3, -0.25) is 4.79 Å². The predicted molar refractivity (Wildman–Crippen MR) is 77.1 cm³/mol. The molecular formula is C16H14FNO2. The molecule has 2 aromatic carbocycles. The quantitative estimate of drug-likeness (QED) is 0.864. The first kappa shape index (κ1) is 13.8. The molecule has 0 saturated carbocycles. The highest BCUT2D eigenvalue weighted by molar-refractivity contribution is 6.02. The van der Waals surface area contributed by atoms with Gasteiger partial charge in [0.25, 0.3) is 0 Å². The monoisotopic (exact) mass is 271 g/mol. The number of nitrogens with one attached hydrogen (secondary N) is 1. The van der Waals surface area contributed by atoms with E-state index in [4.69, 9.17) is 4.74 Å². The van der Waals surface area contributed by atoms with E-state index in [1.165, 1.54) is 18.2 Å². The van der Waals surface area contributed by atoms with E-state index >= 15 is 0 Å². The van der Waals surface area contributed by atoms with Crippen molar-refractivity contribution in [3.05, 3.63) is 66.0 Å². The molecule has 0 aliphatic rings. The first-order chi connectivity index (χ1) is 9.67. The molecule has 0 aromatic heterocycles. The minimum absolute atomic E-state index is 0.262. The van der Waals surface area contributed by atoms with E-state index in [2.05, 4.69) is 5.32 Å². The molecule has 3 nitrogen and oxygen atoms in total. The van der Waals surface area contributed by atoms with Crippen LogP contribution < -0.4 is 10.1 Å². The van der Waals surface area contributed by atoms with Crippen LogP contribution in [0.2, 0.25) is 0 Å². The van der Waals surface area contributed by atoms with E-state index in [-0.39, 0.29) is 11.7 Å². The van der Waals surface area contributed by atoms with E-state index in [0.29, 0.717) is 11.4 Å². The van der Waals surface area contributed by atoms with Crippen molar-refractivity contribution in [3.63, 3.8) is 0 Å². The summed E-state index contributed by atoms with van der Waals surface area (Å²) in [6, 6.07) is 13.0. The Labute approximate surface area is 116 Å². The largest absolute Gasteiger partial charge is 0.497 e. The highest BCUT2D eigenvalue weighted by atomic mass is 19.1. The standard InChI is InChI=1S/C16H14FNO2/c1-20-15-4-2-3-14(11-15)18-16(19)10-7-12-5-8-13(17)9-6-12/h2-11H,1H3,(H,18,19). The summed E-state index contributed by atoms with van der Waals surface area (Å²) in [6.07, 6.45) is 3.02. The topological polar surface area (TPSA) is 38.3 Å².